The first-order chi connectivity index (χ1) is 11.3. The molecule has 4 nitrogen and oxygen atoms in total. The van der Waals surface area contributed by atoms with Crippen molar-refractivity contribution in [2.45, 2.75) is 51.9 Å². The van der Waals surface area contributed by atoms with E-state index in [9.17, 15) is 4.79 Å². The summed E-state index contributed by atoms with van der Waals surface area (Å²) < 4.78 is 16.0. The quantitative estimate of drug-likeness (QED) is 0.377. The zero-order chi connectivity index (χ0) is 16.6. The Morgan fingerprint density at radius 3 is 2.35 bits per heavy atom. The van der Waals surface area contributed by atoms with Crippen LogP contribution in [0.2, 0.25) is 0 Å². The molecule has 0 heterocycles. The normalized spacial score (nSPS) is 10.5. The number of para-hydroxylation sites is 1. The fourth-order valence-corrected chi connectivity index (χ4v) is 2.17. The Morgan fingerprint density at radius 2 is 1.57 bits per heavy atom. The first-order valence-electron chi connectivity index (χ1n) is 8.74. The molecule has 23 heavy (non-hydrogen) atoms. The van der Waals surface area contributed by atoms with Gasteiger partial charge in [0.1, 0.15) is 19.0 Å². The van der Waals surface area contributed by atoms with E-state index in [2.05, 4.69) is 6.92 Å². The number of rotatable bonds is 14. The van der Waals surface area contributed by atoms with Crippen LogP contribution in [-0.4, -0.2) is 32.4 Å². The van der Waals surface area contributed by atoms with E-state index in [0.29, 0.717) is 32.8 Å². The standard InChI is InChI=1S/C19H30O4/c1-2-3-4-5-6-10-13-19(20)23-17-15-21-14-16-22-18-11-8-7-9-12-18/h7-9,11-12H,2-6,10,13-17H2,1H3. The van der Waals surface area contributed by atoms with Crippen LogP contribution >= 0.6 is 0 Å². The van der Waals surface area contributed by atoms with Crippen molar-refractivity contribution in [2.24, 2.45) is 0 Å². The average Bonchev–Trinajstić information content (AvgIpc) is 2.58. The lowest BCUT2D eigenvalue weighted by Crippen LogP contribution is -2.13. The van der Waals surface area contributed by atoms with Gasteiger partial charge in [-0.2, -0.15) is 0 Å². The van der Waals surface area contributed by atoms with E-state index in [-0.39, 0.29) is 5.97 Å². The third-order valence-electron chi connectivity index (χ3n) is 3.46. The van der Waals surface area contributed by atoms with Crippen molar-refractivity contribution in [3.63, 3.8) is 0 Å². The summed E-state index contributed by atoms with van der Waals surface area (Å²) in [6.07, 6.45) is 7.57. The van der Waals surface area contributed by atoms with Gasteiger partial charge in [0.25, 0.3) is 0 Å². The summed E-state index contributed by atoms with van der Waals surface area (Å²) in [5.74, 6) is 0.714. The molecule has 0 saturated heterocycles. The maximum Gasteiger partial charge on any atom is 0.305 e. The first kappa shape index (κ1) is 19.5. The van der Waals surface area contributed by atoms with Crippen LogP contribution in [0.5, 0.6) is 5.75 Å². The predicted molar refractivity (Wildman–Crippen MR) is 91.7 cm³/mol. The van der Waals surface area contributed by atoms with E-state index >= 15 is 0 Å². The Morgan fingerprint density at radius 1 is 0.870 bits per heavy atom. The zero-order valence-corrected chi connectivity index (χ0v) is 14.3. The molecule has 0 aliphatic rings. The first-order valence-corrected chi connectivity index (χ1v) is 8.74. The van der Waals surface area contributed by atoms with Crippen molar-refractivity contribution in [3.05, 3.63) is 30.3 Å². The Hall–Kier alpha value is -1.55. The van der Waals surface area contributed by atoms with E-state index in [1.165, 1.54) is 25.7 Å². The second-order valence-electron chi connectivity index (χ2n) is 5.51. The molecule has 0 bridgehead atoms. The number of hydrogen-bond acceptors (Lipinski definition) is 4. The van der Waals surface area contributed by atoms with Gasteiger partial charge >= 0.3 is 5.97 Å². The number of unbranched alkanes of at least 4 members (excludes halogenated alkanes) is 5. The molecule has 1 aromatic carbocycles. The van der Waals surface area contributed by atoms with Crippen molar-refractivity contribution in [1.82, 2.24) is 0 Å². The topological polar surface area (TPSA) is 44.8 Å². The van der Waals surface area contributed by atoms with E-state index in [0.717, 1.165) is 18.6 Å². The van der Waals surface area contributed by atoms with Crippen LogP contribution in [0.4, 0.5) is 0 Å². The summed E-state index contributed by atoms with van der Waals surface area (Å²) in [6, 6.07) is 9.62. The summed E-state index contributed by atoms with van der Waals surface area (Å²) in [4.78, 5) is 11.5. The molecule has 0 atom stereocenters. The fourth-order valence-electron chi connectivity index (χ4n) is 2.17. The molecule has 0 radical (unpaired) electrons. The van der Waals surface area contributed by atoms with Crippen LogP contribution in [0, 0.1) is 0 Å². The van der Waals surface area contributed by atoms with E-state index in [1.54, 1.807) is 0 Å². The van der Waals surface area contributed by atoms with Gasteiger partial charge in [-0.1, -0.05) is 57.2 Å². The Labute approximate surface area is 140 Å². The number of carbonyl (C=O) groups is 1. The van der Waals surface area contributed by atoms with Gasteiger partial charge in [0.2, 0.25) is 0 Å². The molecule has 0 unspecified atom stereocenters. The predicted octanol–water partition coefficient (Wildman–Crippen LogP) is 4.38. The SMILES string of the molecule is CCCCCCCCC(=O)OCCOCCOc1ccccc1. The highest BCUT2D eigenvalue weighted by atomic mass is 16.6. The molecule has 130 valence electrons. The van der Waals surface area contributed by atoms with Crippen molar-refractivity contribution in [1.29, 1.82) is 0 Å². The van der Waals surface area contributed by atoms with Crippen molar-refractivity contribution in [2.75, 3.05) is 26.4 Å². The van der Waals surface area contributed by atoms with Crippen LogP contribution in [0.1, 0.15) is 51.9 Å². The average molecular weight is 322 g/mol. The minimum Gasteiger partial charge on any atom is -0.491 e. The van der Waals surface area contributed by atoms with Gasteiger partial charge in [-0.15, -0.1) is 0 Å². The van der Waals surface area contributed by atoms with Gasteiger partial charge in [-0.25, -0.2) is 0 Å². The summed E-state index contributed by atoms with van der Waals surface area (Å²) in [6.45, 7) is 3.92. The molecule has 0 spiro atoms. The van der Waals surface area contributed by atoms with Crippen LogP contribution in [-0.2, 0) is 14.3 Å². The summed E-state index contributed by atoms with van der Waals surface area (Å²) in [5, 5.41) is 0. The Kier molecular flexibility index (Phi) is 11.9. The lowest BCUT2D eigenvalue weighted by Gasteiger charge is -2.08. The van der Waals surface area contributed by atoms with E-state index in [4.69, 9.17) is 14.2 Å². The molecular formula is C19H30O4. The number of carbonyl (C=O) groups excluding carboxylic acids is 1. The minimum atomic E-state index is -0.121. The summed E-state index contributed by atoms with van der Waals surface area (Å²) >= 11 is 0. The highest BCUT2D eigenvalue weighted by molar-refractivity contribution is 5.69. The highest BCUT2D eigenvalue weighted by Gasteiger charge is 2.02. The minimum absolute atomic E-state index is 0.121. The van der Waals surface area contributed by atoms with Crippen LogP contribution in [0.15, 0.2) is 30.3 Å². The molecule has 0 saturated carbocycles. The van der Waals surface area contributed by atoms with Crippen LogP contribution < -0.4 is 4.74 Å². The smallest absolute Gasteiger partial charge is 0.305 e. The lowest BCUT2D eigenvalue weighted by molar-refractivity contribution is -0.145. The van der Waals surface area contributed by atoms with Crippen molar-refractivity contribution < 1.29 is 19.0 Å². The van der Waals surface area contributed by atoms with Gasteiger partial charge < -0.3 is 14.2 Å². The molecule has 0 aromatic heterocycles. The van der Waals surface area contributed by atoms with Gasteiger partial charge in [-0.3, -0.25) is 4.79 Å². The maximum atomic E-state index is 11.5. The lowest BCUT2D eigenvalue weighted by atomic mass is 10.1. The maximum absolute atomic E-state index is 11.5. The molecule has 1 aromatic rings. The monoisotopic (exact) mass is 322 g/mol. The molecule has 4 heteroatoms. The van der Waals surface area contributed by atoms with Gasteiger partial charge in [0.05, 0.1) is 13.2 Å². The molecule has 0 fully saturated rings. The van der Waals surface area contributed by atoms with Gasteiger partial charge in [-0.05, 0) is 18.6 Å². The summed E-state index contributed by atoms with van der Waals surface area (Å²) in [5.41, 5.74) is 0. The zero-order valence-electron chi connectivity index (χ0n) is 14.3. The second-order valence-corrected chi connectivity index (χ2v) is 5.51. The summed E-state index contributed by atoms with van der Waals surface area (Å²) in [7, 11) is 0. The van der Waals surface area contributed by atoms with E-state index in [1.807, 2.05) is 30.3 Å². The van der Waals surface area contributed by atoms with Crippen molar-refractivity contribution >= 4 is 5.97 Å². The third kappa shape index (κ3) is 11.6. The van der Waals surface area contributed by atoms with Gasteiger partial charge in [0.15, 0.2) is 0 Å². The Bertz CT molecular complexity index is 392. The van der Waals surface area contributed by atoms with Crippen LogP contribution in [0.25, 0.3) is 0 Å². The molecule has 0 N–H and O–H groups in total. The number of esters is 1. The van der Waals surface area contributed by atoms with Gasteiger partial charge in [0, 0.05) is 6.42 Å². The van der Waals surface area contributed by atoms with Crippen LogP contribution in [0.3, 0.4) is 0 Å². The highest BCUT2D eigenvalue weighted by Crippen LogP contribution is 2.08. The largest absolute Gasteiger partial charge is 0.491 e. The fraction of sp³-hybridized carbons (Fsp3) is 0.632. The Balaban J connectivity index is 1.84. The number of ether oxygens (including phenoxy) is 3. The third-order valence-corrected chi connectivity index (χ3v) is 3.46. The van der Waals surface area contributed by atoms with Crippen molar-refractivity contribution in [3.8, 4) is 5.75 Å². The van der Waals surface area contributed by atoms with E-state index < -0.39 is 0 Å². The molecule has 0 aliphatic carbocycles. The molecular weight excluding hydrogens is 292 g/mol. The molecule has 1 rings (SSSR count). The number of hydrogen-bond donors (Lipinski definition) is 0. The number of benzene rings is 1. The second kappa shape index (κ2) is 14.1. The molecule has 0 amide bonds. The molecule has 0 aliphatic heterocycles.